The summed E-state index contributed by atoms with van der Waals surface area (Å²) in [7, 11) is 1.21. The van der Waals surface area contributed by atoms with Crippen LogP contribution in [-0.4, -0.2) is 199 Å². The lowest BCUT2D eigenvalue weighted by Gasteiger charge is -2.29. The smallest absolute Gasteiger partial charge is 0.340 e. The zero-order valence-corrected chi connectivity index (χ0v) is 38.2. The molecule has 0 bridgehead atoms. The van der Waals surface area contributed by atoms with Gasteiger partial charge in [0, 0.05) is 53.6 Å². The lowest BCUT2D eigenvalue weighted by molar-refractivity contribution is -0.163. The number of urea groups is 1. The molecular weight excluding hydrogens is 933 g/mol. The number of hydrogen-bond acceptors (Lipinski definition) is 19. The van der Waals surface area contributed by atoms with Gasteiger partial charge in [0.05, 0.1) is 30.1 Å². The summed E-state index contributed by atoms with van der Waals surface area (Å²) in [5.74, 6) is -8.71. The van der Waals surface area contributed by atoms with Crippen LogP contribution in [0.2, 0.25) is 0 Å². The van der Waals surface area contributed by atoms with Crippen LogP contribution in [0.4, 0.5) is 4.79 Å². The van der Waals surface area contributed by atoms with Crippen molar-refractivity contribution >= 4 is 65.1 Å². The molecule has 31 heteroatoms. The summed E-state index contributed by atoms with van der Waals surface area (Å²) >= 11 is 0.545. The van der Waals surface area contributed by atoms with Gasteiger partial charge in [0.25, 0.3) is 0 Å². The molecule has 1 aromatic rings. The van der Waals surface area contributed by atoms with Crippen molar-refractivity contribution < 1.29 is 84.3 Å². The van der Waals surface area contributed by atoms with Crippen LogP contribution in [0.3, 0.4) is 0 Å². The highest BCUT2D eigenvalue weighted by atomic mass is 32.2. The van der Waals surface area contributed by atoms with E-state index in [2.05, 4.69) is 20.9 Å². The molecule has 382 valence electrons. The van der Waals surface area contributed by atoms with Gasteiger partial charge in [-0.1, -0.05) is 0 Å². The van der Waals surface area contributed by atoms with E-state index in [1.165, 1.54) is 13.1 Å². The number of nitrogens with zero attached hydrogens (tertiary/aromatic N) is 6. The number of rotatable bonds is 25. The maximum atomic E-state index is 13.8. The van der Waals surface area contributed by atoms with Gasteiger partial charge in [0.1, 0.15) is 35.1 Å². The monoisotopic (exact) mass is 992 g/mol. The molecule has 0 spiro atoms. The first-order valence-corrected chi connectivity index (χ1v) is 21.7. The fraction of sp³-hybridized carbons (Fsp3) is 0.649. The minimum absolute atomic E-state index is 0.0520. The second kappa shape index (κ2) is 27.1. The molecule has 0 saturated carbocycles. The number of nitrogens with two attached hydrogens (primary N) is 2. The molecule has 1 aromatic heterocycles. The van der Waals surface area contributed by atoms with E-state index in [0.717, 1.165) is 36.1 Å². The minimum Gasteiger partial charge on any atom is -0.480 e. The zero-order chi connectivity index (χ0) is 51.7. The van der Waals surface area contributed by atoms with Gasteiger partial charge in [0.15, 0.2) is 6.04 Å². The lowest BCUT2D eigenvalue weighted by Crippen LogP contribution is -2.61. The number of carbonyl (C=O) groups excluding carboxylic acids is 8. The Morgan fingerprint density at radius 2 is 1.19 bits per heavy atom. The summed E-state index contributed by atoms with van der Waals surface area (Å²) < 4.78 is 1.78. The van der Waals surface area contributed by atoms with Crippen molar-refractivity contribution in [3.05, 3.63) is 28.2 Å². The molecule has 10 atom stereocenters. The Labute approximate surface area is 390 Å². The Hall–Kier alpha value is -6.06. The first-order valence-electron chi connectivity index (χ1n) is 20.8. The van der Waals surface area contributed by atoms with Gasteiger partial charge in [-0.25, -0.2) is 29.6 Å². The van der Waals surface area contributed by atoms with Crippen molar-refractivity contribution in [1.29, 1.82) is 0 Å². The fourth-order valence-corrected chi connectivity index (χ4v) is 8.03. The van der Waals surface area contributed by atoms with Crippen LogP contribution >= 0.6 is 11.8 Å². The summed E-state index contributed by atoms with van der Waals surface area (Å²) in [6.07, 6.45) is -5.91. The summed E-state index contributed by atoms with van der Waals surface area (Å²) in [4.78, 5) is 129. The quantitative estimate of drug-likeness (QED) is 0.0320. The Kier molecular flexibility index (Phi) is 23.1. The SMILES string of the molecule is CC(=O)N(O)CCC[C@H](NC(=O)[C@H](CCCN(O)C(C)=O)NC(=O)[C@@H](N)CCCN(O)C(C)=O)C(=O)N[C@@H](CO)C(=O)N[C@@H](C(=O)O)[C@@H](O)[C@H]1S[C@H](n2ccc(=NC(N)=O)n(C)c2=O)[C@H](O)[C@@H]1O. The van der Waals surface area contributed by atoms with Gasteiger partial charge in [0.2, 0.25) is 41.4 Å². The van der Waals surface area contributed by atoms with Crippen molar-refractivity contribution in [2.24, 2.45) is 23.5 Å². The van der Waals surface area contributed by atoms with E-state index in [4.69, 9.17) is 11.5 Å². The van der Waals surface area contributed by atoms with Crippen molar-refractivity contribution in [3.8, 4) is 0 Å². The van der Waals surface area contributed by atoms with E-state index >= 15 is 0 Å². The normalized spacial score (nSPS) is 19.6. The molecular formula is C37H60N12O18S. The third kappa shape index (κ3) is 16.9. The van der Waals surface area contributed by atoms with Crippen LogP contribution in [0.25, 0.3) is 0 Å². The number of hydrogen-bond donors (Lipinski definition) is 14. The fourth-order valence-electron chi connectivity index (χ4n) is 6.46. The van der Waals surface area contributed by atoms with E-state index in [1.54, 1.807) is 0 Å². The van der Waals surface area contributed by atoms with Gasteiger partial charge in [-0.15, -0.1) is 11.8 Å². The number of carboxylic acids is 1. The third-order valence-corrected chi connectivity index (χ3v) is 12.0. The number of carboxylic acid groups (broad SMARTS) is 1. The highest BCUT2D eigenvalue weighted by molar-refractivity contribution is 8.00. The topological polar surface area (TPSA) is 465 Å². The van der Waals surface area contributed by atoms with E-state index in [1.807, 2.05) is 5.32 Å². The molecule has 0 aromatic carbocycles. The second-order valence-corrected chi connectivity index (χ2v) is 16.8. The summed E-state index contributed by atoms with van der Waals surface area (Å²) in [5.41, 5.74) is 9.99. The number of hydroxylamine groups is 6. The molecule has 1 aliphatic heterocycles. The number of nitrogens with one attached hydrogen (secondary N) is 4. The Balaban J connectivity index is 2.35. The first-order chi connectivity index (χ1) is 31.7. The predicted octanol–water partition coefficient (Wildman–Crippen LogP) is -6.74. The number of thioether (sulfide) groups is 1. The van der Waals surface area contributed by atoms with Crippen molar-refractivity contribution in [2.75, 3.05) is 26.2 Å². The molecule has 1 aliphatic rings. The molecule has 1 fully saturated rings. The van der Waals surface area contributed by atoms with Crippen LogP contribution in [0, 0.1) is 0 Å². The Bertz CT molecular complexity index is 2130. The molecule has 0 radical (unpaired) electrons. The van der Waals surface area contributed by atoms with Gasteiger partial charge >= 0.3 is 17.7 Å². The largest absolute Gasteiger partial charge is 0.480 e. The number of carbonyl (C=O) groups is 9. The lowest BCUT2D eigenvalue weighted by atomic mass is 10.00. The molecule has 2 heterocycles. The standard InChI is InChI=1S/C37H60N12O18S/c1-17(51)47(65)12-5-8-20(38)30(57)40-21(9-6-13-48(66)18(2)52)31(58)41-22(10-7-14-49(67)19(3)53)32(59)42-23(16-50)33(60)44-25(35(61)62)26(54)29-27(55)28(56)34(68-29)46-15-11-24(43-36(39)63)45(4)37(46)64/h11,15,20-23,25-29,34,50,54-56,65-67H,5-10,12-14,16,38H2,1-4H3,(H2,39,63)(H,40,57)(H,41,58)(H,42,59)(H,44,60)(H,61,62)/t20-,21-,22-,23-,25+,26+,27-,28+,29+,34-/m0/s1. The van der Waals surface area contributed by atoms with E-state index in [9.17, 15) is 89.1 Å². The number of primary amides is 1. The summed E-state index contributed by atoms with van der Waals surface area (Å²) in [6, 6.07) is -8.79. The van der Waals surface area contributed by atoms with Crippen LogP contribution in [0.1, 0.15) is 64.7 Å². The number of aliphatic hydroxyl groups excluding tert-OH is 4. The van der Waals surface area contributed by atoms with E-state index in [0.29, 0.717) is 27.0 Å². The summed E-state index contributed by atoms with van der Waals surface area (Å²) in [6.45, 7) is 1.07. The molecule has 68 heavy (non-hydrogen) atoms. The van der Waals surface area contributed by atoms with Gasteiger partial charge in [-0.05, 0) is 44.6 Å². The van der Waals surface area contributed by atoms with Crippen molar-refractivity contribution in [3.63, 3.8) is 0 Å². The molecule has 0 aliphatic carbocycles. The number of aliphatic carboxylic acids is 1. The second-order valence-electron chi connectivity index (χ2n) is 15.5. The Morgan fingerprint density at radius 3 is 1.63 bits per heavy atom. The number of amides is 9. The Morgan fingerprint density at radius 1 is 0.750 bits per heavy atom. The maximum Gasteiger partial charge on any atom is 0.340 e. The summed E-state index contributed by atoms with van der Waals surface area (Å²) in [5, 5.41) is 89.5. The van der Waals surface area contributed by atoms with Gasteiger partial charge < -0.3 is 58.3 Å². The highest BCUT2D eigenvalue weighted by Gasteiger charge is 2.50. The van der Waals surface area contributed by atoms with Gasteiger partial charge in [-0.2, -0.15) is 4.99 Å². The zero-order valence-electron chi connectivity index (χ0n) is 37.4. The van der Waals surface area contributed by atoms with Crippen molar-refractivity contribution in [1.82, 2.24) is 45.6 Å². The van der Waals surface area contributed by atoms with Gasteiger partial charge in [-0.3, -0.25) is 58.3 Å². The van der Waals surface area contributed by atoms with Crippen LogP contribution < -0.4 is 43.9 Å². The molecule has 16 N–H and O–H groups in total. The number of aliphatic hydroxyl groups is 4. The highest BCUT2D eigenvalue weighted by Crippen LogP contribution is 2.43. The van der Waals surface area contributed by atoms with E-state index < -0.39 is 131 Å². The first kappa shape index (κ1) is 58.1. The molecule has 2 rings (SSSR count). The van der Waals surface area contributed by atoms with Crippen LogP contribution in [0.15, 0.2) is 22.1 Å². The van der Waals surface area contributed by atoms with E-state index in [-0.39, 0.29) is 57.2 Å². The molecule has 1 saturated heterocycles. The van der Waals surface area contributed by atoms with Crippen LogP contribution in [-0.2, 0) is 45.4 Å². The molecule has 0 unspecified atom stereocenters. The molecule has 9 amide bonds. The predicted molar refractivity (Wildman–Crippen MR) is 229 cm³/mol. The van der Waals surface area contributed by atoms with Crippen molar-refractivity contribution in [2.45, 2.75) is 118 Å². The third-order valence-electron chi connectivity index (χ3n) is 10.4. The minimum atomic E-state index is -2.31. The number of aromatic nitrogens is 2. The maximum absolute atomic E-state index is 13.8. The average molecular weight is 993 g/mol. The van der Waals surface area contributed by atoms with Crippen LogP contribution in [0.5, 0.6) is 0 Å². The average Bonchev–Trinajstić information content (AvgIpc) is 3.56. The molecule has 30 nitrogen and oxygen atoms in total.